The van der Waals surface area contributed by atoms with E-state index in [-0.39, 0.29) is 0 Å². The second-order valence-electron chi connectivity index (χ2n) is 4.28. The minimum Gasteiger partial charge on any atom is -0.310 e. The monoisotopic (exact) mass is 273 g/mol. The molecule has 0 aromatic heterocycles. The third kappa shape index (κ3) is 3.87. The Hall–Kier alpha value is -0.240. The molecule has 1 unspecified atom stereocenters. The van der Waals surface area contributed by atoms with Crippen molar-refractivity contribution in [3.05, 3.63) is 33.8 Å². The van der Waals surface area contributed by atoms with E-state index < -0.39 is 0 Å². The van der Waals surface area contributed by atoms with Crippen LogP contribution in [0.1, 0.15) is 45.2 Å². The van der Waals surface area contributed by atoms with E-state index in [1.54, 1.807) is 0 Å². The van der Waals surface area contributed by atoms with Gasteiger partial charge < -0.3 is 5.32 Å². The van der Waals surface area contributed by atoms with E-state index >= 15 is 0 Å². The average Bonchev–Trinajstić information content (AvgIpc) is 2.30. The van der Waals surface area contributed by atoms with Gasteiger partial charge in [0.25, 0.3) is 0 Å². The summed E-state index contributed by atoms with van der Waals surface area (Å²) in [6, 6.07) is 6.09. The molecule has 1 atom stereocenters. The molecular formula is C14H21Cl2N. The Kier molecular flexibility index (Phi) is 6.32. The van der Waals surface area contributed by atoms with Crippen LogP contribution in [-0.2, 0) is 0 Å². The second-order valence-corrected chi connectivity index (χ2v) is 5.12. The number of benzene rings is 1. The summed E-state index contributed by atoms with van der Waals surface area (Å²) >= 11 is 12.2. The van der Waals surface area contributed by atoms with Gasteiger partial charge in [0.05, 0.1) is 0 Å². The highest BCUT2D eigenvalue weighted by molar-refractivity contribution is 6.35. The fraction of sp³-hybridized carbons (Fsp3) is 0.571. The van der Waals surface area contributed by atoms with Crippen molar-refractivity contribution in [2.45, 2.75) is 39.7 Å². The van der Waals surface area contributed by atoms with E-state index in [0.29, 0.717) is 17.0 Å². The van der Waals surface area contributed by atoms with Gasteiger partial charge in [0, 0.05) is 16.1 Å². The summed E-state index contributed by atoms with van der Waals surface area (Å²) in [6.45, 7) is 7.52. The Balaban J connectivity index is 3.03. The summed E-state index contributed by atoms with van der Waals surface area (Å²) < 4.78 is 0. The van der Waals surface area contributed by atoms with E-state index in [1.165, 1.54) is 0 Å². The molecule has 0 amide bonds. The molecule has 0 spiro atoms. The molecule has 0 aliphatic rings. The maximum Gasteiger partial charge on any atom is 0.0468 e. The molecule has 0 bridgehead atoms. The lowest BCUT2D eigenvalue weighted by Crippen LogP contribution is -2.28. The zero-order valence-electron chi connectivity index (χ0n) is 10.8. The standard InChI is InChI=1S/C14H21Cl2N/c1-4-10(5-2)14(17-6-3)12-8-7-11(15)9-13(12)16/h7-10,14,17H,4-6H2,1-3H3. The van der Waals surface area contributed by atoms with Crippen molar-refractivity contribution in [1.29, 1.82) is 0 Å². The predicted octanol–water partition coefficient (Wildman–Crippen LogP) is 5.08. The first-order chi connectivity index (χ1) is 8.13. The highest BCUT2D eigenvalue weighted by Crippen LogP contribution is 2.33. The van der Waals surface area contributed by atoms with Gasteiger partial charge in [-0.2, -0.15) is 0 Å². The summed E-state index contributed by atoms with van der Waals surface area (Å²) in [5.41, 5.74) is 1.16. The maximum atomic E-state index is 6.29. The van der Waals surface area contributed by atoms with Gasteiger partial charge in [0.1, 0.15) is 0 Å². The molecule has 0 aliphatic heterocycles. The van der Waals surface area contributed by atoms with Crippen LogP contribution in [0.15, 0.2) is 18.2 Å². The first kappa shape index (κ1) is 14.8. The predicted molar refractivity (Wildman–Crippen MR) is 77.0 cm³/mol. The Morgan fingerprint density at radius 3 is 2.24 bits per heavy atom. The van der Waals surface area contributed by atoms with Gasteiger partial charge in [-0.25, -0.2) is 0 Å². The molecule has 0 saturated heterocycles. The highest BCUT2D eigenvalue weighted by atomic mass is 35.5. The smallest absolute Gasteiger partial charge is 0.0468 e. The molecule has 3 heteroatoms. The third-order valence-corrected chi connectivity index (χ3v) is 3.80. The molecule has 0 heterocycles. The van der Waals surface area contributed by atoms with E-state index in [9.17, 15) is 0 Å². The van der Waals surface area contributed by atoms with Crippen LogP contribution in [0.3, 0.4) is 0 Å². The lowest BCUT2D eigenvalue weighted by molar-refractivity contribution is 0.346. The molecule has 1 N–H and O–H groups in total. The third-order valence-electron chi connectivity index (χ3n) is 3.24. The van der Waals surface area contributed by atoms with E-state index in [0.717, 1.165) is 30.0 Å². The van der Waals surface area contributed by atoms with Crippen LogP contribution in [0.2, 0.25) is 10.0 Å². The lowest BCUT2D eigenvalue weighted by atomic mass is 9.89. The summed E-state index contributed by atoms with van der Waals surface area (Å²) in [5, 5.41) is 4.99. The van der Waals surface area contributed by atoms with Crippen molar-refractivity contribution < 1.29 is 0 Å². The normalized spacial score (nSPS) is 13.1. The van der Waals surface area contributed by atoms with E-state index in [1.807, 2.05) is 18.2 Å². The lowest BCUT2D eigenvalue weighted by Gasteiger charge is -2.27. The molecule has 0 aliphatic carbocycles. The Bertz CT molecular complexity index is 348. The van der Waals surface area contributed by atoms with Gasteiger partial charge >= 0.3 is 0 Å². The van der Waals surface area contributed by atoms with Gasteiger partial charge in [0.15, 0.2) is 0 Å². The second kappa shape index (κ2) is 7.25. The fourth-order valence-corrected chi connectivity index (χ4v) is 2.79. The Labute approximate surface area is 115 Å². The summed E-state index contributed by atoms with van der Waals surface area (Å²) in [7, 11) is 0. The summed E-state index contributed by atoms with van der Waals surface area (Å²) in [4.78, 5) is 0. The maximum absolute atomic E-state index is 6.29. The Morgan fingerprint density at radius 1 is 1.12 bits per heavy atom. The molecule has 1 aromatic carbocycles. The molecular weight excluding hydrogens is 253 g/mol. The van der Waals surface area contributed by atoms with E-state index in [2.05, 4.69) is 26.1 Å². The number of hydrogen-bond acceptors (Lipinski definition) is 1. The van der Waals surface area contributed by atoms with E-state index in [4.69, 9.17) is 23.2 Å². The van der Waals surface area contributed by atoms with Gasteiger partial charge in [-0.15, -0.1) is 0 Å². The van der Waals surface area contributed by atoms with Crippen LogP contribution in [-0.4, -0.2) is 6.54 Å². The topological polar surface area (TPSA) is 12.0 Å². The molecule has 1 rings (SSSR count). The first-order valence-corrected chi connectivity index (χ1v) is 7.07. The largest absolute Gasteiger partial charge is 0.310 e. The Morgan fingerprint density at radius 2 is 1.76 bits per heavy atom. The zero-order chi connectivity index (χ0) is 12.8. The van der Waals surface area contributed by atoms with Crippen LogP contribution < -0.4 is 5.32 Å². The molecule has 0 radical (unpaired) electrons. The first-order valence-electron chi connectivity index (χ1n) is 6.32. The molecule has 17 heavy (non-hydrogen) atoms. The van der Waals surface area contributed by atoms with Crippen molar-refractivity contribution in [2.75, 3.05) is 6.54 Å². The van der Waals surface area contributed by atoms with Crippen LogP contribution >= 0.6 is 23.2 Å². The minimum atomic E-state index is 0.319. The fourth-order valence-electron chi connectivity index (χ4n) is 2.26. The minimum absolute atomic E-state index is 0.319. The van der Waals surface area contributed by atoms with Gasteiger partial charge in [-0.3, -0.25) is 0 Å². The van der Waals surface area contributed by atoms with Crippen LogP contribution in [0.4, 0.5) is 0 Å². The van der Waals surface area contributed by atoms with Crippen LogP contribution in [0, 0.1) is 5.92 Å². The van der Waals surface area contributed by atoms with Gasteiger partial charge in [0.2, 0.25) is 0 Å². The molecule has 0 fully saturated rings. The number of nitrogens with one attached hydrogen (secondary N) is 1. The van der Waals surface area contributed by atoms with Gasteiger partial charge in [-0.05, 0) is 30.2 Å². The SMILES string of the molecule is CCNC(c1ccc(Cl)cc1Cl)C(CC)CC. The number of halogens is 2. The molecule has 0 saturated carbocycles. The number of hydrogen-bond donors (Lipinski definition) is 1. The van der Waals surface area contributed by atoms with Crippen molar-refractivity contribution in [2.24, 2.45) is 5.92 Å². The highest BCUT2D eigenvalue weighted by Gasteiger charge is 2.21. The summed E-state index contributed by atoms with van der Waals surface area (Å²) in [5.74, 6) is 0.605. The van der Waals surface area contributed by atoms with Crippen molar-refractivity contribution in [1.82, 2.24) is 5.32 Å². The zero-order valence-corrected chi connectivity index (χ0v) is 12.3. The molecule has 1 aromatic rings. The summed E-state index contributed by atoms with van der Waals surface area (Å²) in [6.07, 6.45) is 2.29. The number of rotatable bonds is 6. The average molecular weight is 274 g/mol. The van der Waals surface area contributed by atoms with Crippen LogP contribution in [0.25, 0.3) is 0 Å². The van der Waals surface area contributed by atoms with Crippen molar-refractivity contribution in [3.63, 3.8) is 0 Å². The molecule has 96 valence electrons. The molecule has 1 nitrogen and oxygen atoms in total. The quantitative estimate of drug-likeness (QED) is 0.762. The van der Waals surface area contributed by atoms with Crippen molar-refractivity contribution >= 4 is 23.2 Å². The van der Waals surface area contributed by atoms with Crippen molar-refractivity contribution in [3.8, 4) is 0 Å². The van der Waals surface area contributed by atoms with Gasteiger partial charge in [-0.1, -0.05) is 62.9 Å². The van der Waals surface area contributed by atoms with Crippen LogP contribution in [0.5, 0.6) is 0 Å².